The SMILES string of the molecule is COc1ccc(-c2c[n+](C)c3cc(CO)c(CO)cc3c2-c2ccccc2)cc1OC. The number of rotatable bonds is 6. The Labute approximate surface area is 181 Å². The minimum atomic E-state index is -0.135. The van der Waals surface area contributed by atoms with Crippen LogP contribution in [0.1, 0.15) is 11.1 Å². The molecule has 0 atom stereocenters. The van der Waals surface area contributed by atoms with Gasteiger partial charge < -0.3 is 19.7 Å². The molecule has 0 bridgehead atoms. The largest absolute Gasteiger partial charge is 0.493 e. The molecule has 3 aromatic carbocycles. The number of nitrogens with zero attached hydrogens (tertiary/aromatic N) is 1. The van der Waals surface area contributed by atoms with E-state index in [2.05, 4.69) is 18.3 Å². The van der Waals surface area contributed by atoms with Gasteiger partial charge in [0.1, 0.15) is 7.05 Å². The lowest BCUT2D eigenvalue weighted by molar-refractivity contribution is -0.644. The number of benzene rings is 3. The fourth-order valence-electron chi connectivity index (χ4n) is 4.07. The van der Waals surface area contributed by atoms with Crippen LogP contribution < -0.4 is 14.0 Å². The number of aliphatic hydroxyl groups excluding tert-OH is 2. The second kappa shape index (κ2) is 8.76. The second-order valence-electron chi connectivity index (χ2n) is 7.42. The fourth-order valence-corrected chi connectivity index (χ4v) is 4.07. The molecular weight excluding hydrogens is 390 g/mol. The molecule has 0 aliphatic rings. The Morgan fingerprint density at radius 2 is 1.45 bits per heavy atom. The highest BCUT2D eigenvalue weighted by Crippen LogP contribution is 2.40. The van der Waals surface area contributed by atoms with Crippen LogP contribution in [0.25, 0.3) is 33.2 Å². The zero-order valence-electron chi connectivity index (χ0n) is 17.9. The first-order valence-corrected chi connectivity index (χ1v) is 10.1. The standard InChI is InChI=1S/C26H26NO4/c1-27-14-22(18-9-10-24(30-2)25(13-18)31-3)26(17-7-5-4-6-8-17)21-11-19(15-28)20(16-29)12-23(21)27/h4-14,28-29H,15-16H2,1-3H3/q+1. The van der Waals surface area contributed by atoms with E-state index in [0.717, 1.165) is 44.3 Å². The molecule has 0 saturated carbocycles. The molecule has 2 N–H and O–H groups in total. The highest BCUT2D eigenvalue weighted by Gasteiger charge is 2.21. The van der Waals surface area contributed by atoms with Crippen molar-refractivity contribution in [3.05, 3.63) is 78.0 Å². The molecule has 31 heavy (non-hydrogen) atoms. The number of pyridine rings is 1. The monoisotopic (exact) mass is 416 g/mol. The van der Waals surface area contributed by atoms with Crippen LogP contribution in [0.5, 0.6) is 11.5 Å². The maximum Gasteiger partial charge on any atom is 0.213 e. The van der Waals surface area contributed by atoms with Crippen LogP contribution in [0.3, 0.4) is 0 Å². The van der Waals surface area contributed by atoms with Crippen LogP contribution >= 0.6 is 0 Å². The molecule has 0 aliphatic heterocycles. The van der Waals surface area contributed by atoms with Crippen LogP contribution in [0.15, 0.2) is 66.9 Å². The predicted octanol–water partition coefficient (Wildman–Crippen LogP) is 4.00. The number of aryl methyl sites for hydroxylation is 1. The van der Waals surface area contributed by atoms with Gasteiger partial charge in [-0.3, -0.25) is 0 Å². The van der Waals surface area contributed by atoms with Crippen molar-refractivity contribution in [3.8, 4) is 33.8 Å². The number of aromatic nitrogens is 1. The quantitative estimate of drug-likeness (QED) is 0.467. The van der Waals surface area contributed by atoms with E-state index in [1.54, 1.807) is 14.2 Å². The lowest BCUT2D eigenvalue weighted by Crippen LogP contribution is -2.29. The van der Waals surface area contributed by atoms with E-state index < -0.39 is 0 Å². The van der Waals surface area contributed by atoms with Crippen molar-refractivity contribution >= 4 is 10.9 Å². The molecule has 4 rings (SSSR count). The third-order valence-corrected chi connectivity index (χ3v) is 5.66. The predicted molar refractivity (Wildman–Crippen MR) is 121 cm³/mol. The summed E-state index contributed by atoms with van der Waals surface area (Å²) in [7, 11) is 5.24. The van der Waals surface area contributed by atoms with Gasteiger partial charge in [0.05, 0.1) is 38.4 Å². The number of hydrogen-bond acceptors (Lipinski definition) is 4. The van der Waals surface area contributed by atoms with Crippen molar-refractivity contribution in [2.45, 2.75) is 13.2 Å². The van der Waals surface area contributed by atoms with E-state index in [1.165, 1.54) is 0 Å². The lowest BCUT2D eigenvalue weighted by atomic mass is 9.90. The molecule has 0 spiro atoms. The van der Waals surface area contributed by atoms with Crippen molar-refractivity contribution in [2.75, 3.05) is 14.2 Å². The lowest BCUT2D eigenvalue weighted by Gasteiger charge is -2.16. The summed E-state index contributed by atoms with van der Waals surface area (Å²) < 4.78 is 13.0. The maximum atomic E-state index is 9.90. The first-order valence-electron chi connectivity index (χ1n) is 10.1. The minimum Gasteiger partial charge on any atom is -0.493 e. The molecule has 0 amide bonds. The van der Waals surface area contributed by atoms with E-state index in [0.29, 0.717) is 11.5 Å². The number of hydrogen-bond donors (Lipinski definition) is 2. The van der Waals surface area contributed by atoms with Gasteiger partial charge in [-0.25, -0.2) is 4.57 Å². The van der Waals surface area contributed by atoms with Crippen molar-refractivity contribution in [1.82, 2.24) is 0 Å². The summed E-state index contributed by atoms with van der Waals surface area (Å²) in [5.74, 6) is 1.33. The van der Waals surface area contributed by atoms with Crippen LogP contribution in [0.2, 0.25) is 0 Å². The van der Waals surface area contributed by atoms with Crippen molar-refractivity contribution < 1.29 is 24.3 Å². The first-order chi connectivity index (χ1) is 15.1. The van der Waals surface area contributed by atoms with Gasteiger partial charge in [0.15, 0.2) is 17.7 Å². The fraction of sp³-hybridized carbons (Fsp3) is 0.192. The Bertz CT molecular complexity index is 1240. The Kier molecular flexibility index (Phi) is 5.89. The Balaban J connectivity index is 2.10. The summed E-state index contributed by atoms with van der Waals surface area (Å²) in [5, 5.41) is 20.7. The van der Waals surface area contributed by atoms with E-state index in [9.17, 15) is 10.2 Å². The van der Waals surface area contributed by atoms with Gasteiger partial charge in [-0.05, 0) is 40.5 Å². The van der Waals surface area contributed by atoms with Gasteiger partial charge in [-0.15, -0.1) is 0 Å². The van der Waals surface area contributed by atoms with Gasteiger partial charge in [0.2, 0.25) is 5.52 Å². The molecule has 5 heteroatoms. The van der Waals surface area contributed by atoms with Crippen molar-refractivity contribution in [1.29, 1.82) is 0 Å². The van der Waals surface area contributed by atoms with E-state index in [4.69, 9.17) is 9.47 Å². The molecule has 0 saturated heterocycles. The number of fused-ring (bicyclic) bond motifs is 1. The van der Waals surface area contributed by atoms with E-state index >= 15 is 0 Å². The highest BCUT2D eigenvalue weighted by atomic mass is 16.5. The third kappa shape index (κ3) is 3.74. The average molecular weight is 416 g/mol. The molecular formula is C26H26NO4+. The smallest absolute Gasteiger partial charge is 0.213 e. The molecule has 0 fully saturated rings. The molecule has 1 heterocycles. The highest BCUT2D eigenvalue weighted by molar-refractivity contribution is 6.01. The molecule has 4 aromatic rings. The Hall–Kier alpha value is -3.41. The Morgan fingerprint density at radius 3 is 2.10 bits per heavy atom. The van der Waals surface area contributed by atoms with Gasteiger partial charge in [-0.2, -0.15) is 0 Å². The van der Waals surface area contributed by atoms with Crippen molar-refractivity contribution in [2.24, 2.45) is 7.05 Å². The van der Waals surface area contributed by atoms with E-state index in [1.807, 2.05) is 60.1 Å². The summed E-state index contributed by atoms with van der Waals surface area (Å²) in [6.45, 7) is -0.256. The summed E-state index contributed by atoms with van der Waals surface area (Å²) in [6.07, 6.45) is 2.09. The molecule has 0 aliphatic carbocycles. The molecule has 0 unspecified atom stereocenters. The van der Waals surface area contributed by atoms with Crippen LogP contribution in [-0.4, -0.2) is 24.4 Å². The van der Waals surface area contributed by atoms with Crippen LogP contribution in [-0.2, 0) is 20.3 Å². The summed E-state index contributed by atoms with van der Waals surface area (Å²) in [5.41, 5.74) is 6.57. The normalized spacial score (nSPS) is 11.0. The van der Waals surface area contributed by atoms with Crippen molar-refractivity contribution in [3.63, 3.8) is 0 Å². The molecule has 158 valence electrons. The number of ether oxygens (including phenoxy) is 2. The zero-order valence-corrected chi connectivity index (χ0v) is 17.9. The first kappa shape index (κ1) is 20.8. The van der Waals surface area contributed by atoms with E-state index in [-0.39, 0.29) is 13.2 Å². The zero-order chi connectivity index (χ0) is 22.0. The minimum absolute atomic E-state index is 0.121. The average Bonchev–Trinajstić information content (AvgIpc) is 2.83. The second-order valence-corrected chi connectivity index (χ2v) is 7.42. The molecule has 1 aromatic heterocycles. The van der Waals surface area contributed by atoms with Gasteiger partial charge in [-0.1, -0.05) is 36.4 Å². The van der Waals surface area contributed by atoms with Gasteiger partial charge >= 0.3 is 0 Å². The van der Waals surface area contributed by atoms with Gasteiger partial charge in [0, 0.05) is 11.6 Å². The topological polar surface area (TPSA) is 62.8 Å². The molecule has 5 nitrogen and oxygen atoms in total. The summed E-state index contributed by atoms with van der Waals surface area (Å²) >= 11 is 0. The molecule has 0 radical (unpaired) electrons. The summed E-state index contributed by atoms with van der Waals surface area (Å²) in [4.78, 5) is 0. The van der Waals surface area contributed by atoms with Crippen LogP contribution in [0.4, 0.5) is 0 Å². The van der Waals surface area contributed by atoms with Crippen LogP contribution in [0, 0.1) is 0 Å². The number of methoxy groups -OCH3 is 2. The van der Waals surface area contributed by atoms with Gasteiger partial charge in [0.25, 0.3) is 0 Å². The Morgan fingerprint density at radius 1 is 0.774 bits per heavy atom. The maximum absolute atomic E-state index is 9.90. The third-order valence-electron chi connectivity index (χ3n) is 5.66. The number of aliphatic hydroxyl groups is 2. The summed E-state index contributed by atoms with van der Waals surface area (Å²) in [6, 6.07) is 20.0.